The Hall–Kier alpha value is -2.28. The van der Waals surface area contributed by atoms with Crippen LogP contribution in [0.1, 0.15) is 50.7 Å². The first-order valence-corrected chi connectivity index (χ1v) is 9.01. The number of piperidine rings is 1. The molecule has 3 heterocycles. The first-order chi connectivity index (χ1) is 12.2. The summed E-state index contributed by atoms with van der Waals surface area (Å²) in [5.41, 5.74) is 0.894. The van der Waals surface area contributed by atoms with E-state index in [1.165, 1.54) is 0 Å². The molecule has 3 rings (SSSR count). The Kier molecular flexibility index (Phi) is 4.84. The van der Waals surface area contributed by atoms with Gasteiger partial charge in [0, 0.05) is 49.2 Å². The number of hydrogen-bond acceptors (Lipinski definition) is 5. The summed E-state index contributed by atoms with van der Waals surface area (Å²) < 4.78 is 1.67. The van der Waals surface area contributed by atoms with Gasteiger partial charge in [-0.2, -0.15) is 5.10 Å². The van der Waals surface area contributed by atoms with E-state index in [-0.39, 0.29) is 5.41 Å². The lowest BCUT2D eigenvalue weighted by molar-refractivity contribution is -0.151. The Morgan fingerprint density at radius 2 is 1.85 bits per heavy atom. The number of hydrogen-bond donors (Lipinski definition) is 1. The minimum atomic E-state index is -0.968. The van der Waals surface area contributed by atoms with E-state index in [0.717, 1.165) is 23.6 Å². The third kappa shape index (κ3) is 3.62. The van der Waals surface area contributed by atoms with Crippen LogP contribution in [0.15, 0.2) is 24.7 Å². The molecule has 26 heavy (non-hydrogen) atoms. The highest BCUT2D eigenvalue weighted by Gasteiger charge is 2.44. The first kappa shape index (κ1) is 18.5. The van der Waals surface area contributed by atoms with Crippen LogP contribution in [-0.4, -0.2) is 48.8 Å². The quantitative estimate of drug-likeness (QED) is 0.904. The van der Waals surface area contributed by atoms with Crippen LogP contribution in [0.5, 0.6) is 0 Å². The molecule has 0 amide bonds. The zero-order chi connectivity index (χ0) is 18.9. The van der Waals surface area contributed by atoms with Crippen LogP contribution < -0.4 is 0 Å². The van der Waals surface area contributed by atoms with Gasteiger partial charge in [0.2, 0.25) is 0 Å². The smallest absolute Gasteiger partial charge is 0.331 e. The normalized spacial score (nSPS) is 18.0. The van der Waals surface area contributed by atoms with Gasteiger partial charge in [0.05, 0.1) is 5.69 Å². The average Bonchev–Trinajstić information content (AvgIpc) is 3.08. The summed E-state index contributed by atoms with van der Waals surface area (Å²) in [5.74, 6) is -0.0509. The molecule has 0 spiro atoms. The molecule has 0 aromatic carbocycles. The highest BCUT2D eigenvalue weighted by Crippen LogP contribution is 2.32. The molecule has 1 fully saturated rings. The Balaban J connectivity index is 1.74. The van der Waals surface area contributed by atoms with Crippen LogP contribution >= 0.6 is 0 Å². The standard InChI is InChI=1S/C19H27N5O2/c1-14-20-11-15(12-21-14)13-23-9-6-19(7-10-23,17(25)26)24-8-5-16(22-24)18(2,3)4/h5,8,11-12H,6-7,9-10,13H2,1-4H3,(H,25,26). The molecule has 0 unspecified atom stereocenters. The van der Waals surface area contributed by atoms with Crippen LogP contribution in [0.3, 0.4) is 0 Å². The lowest BCUT2D eigenvalue weighted by Crippen LogP contribution is -2.51. The predicted octanol–water partition coefficient (Wildman–Crippen LogP) is 2.35. The van der Waals surface area contributed by atoms with Crippen LogP contribution in [0.25, 0.3) is 0 Å². The molecule has 0 radical (unpaired) electrons. The van der Waals surface area contributed by atoms with Crippen molar-refractivity contribution in [3.63, 3.8) is 0 Å². The van der Waals surface area contributed by atoms with Gasteiger partial charge in [0.25, 0.3) is 0 Å². The minimum absolute atomic E-state index is 0.100. The maximum absolute atomic E-state index is 12.1. The third-order valence-corrected chi connectivity index (χ3v) is 5.12. The summed E-state index contributed by atoms with van der Waals surface area (Å²) in [5, 5.41) is 14.6. The van der Waals surface area contributed by atoms with Crippen molar-refractivity contribution >= 4 is 5.97 Å². The molecule has 1 saturated heterocycles. The molecule has 1 aliphatic heterocycles. The first-order valence-electron chi connectivity index (χ1n) is 9.01. The summed E-state index contributed by atoms with van der Waals surface area (Å²) in [6, 6.07) is 1.93. The maximum atomic E-state index is 12.1. The average molecular weight is 357 g/mol. The van der Waals surface area contributed by atoms with Crippen molar-refractivity contribution < 1.29 is 9.90 Å². The fourth-order valence-corrected chi connectivity index (χ4v) is 3.34. The van der Waals surface area contributed by atoms with Gasteiger partial charge in [-0.25, -0.2) is 14.8 Å². The van der Waals surface area contributed by atoms with E-state index in [4.69, 9.17) is 0 Å². The van der Waals surface area contributed by atoms with E-state index >= 15 is 0 Å². The Labute approximate surface area is 154 Å². The van der Waals surface area contributed by atoms with Crippen molar-refractivity contribution in [2.24, 2.45) is 0 Å². The highest BCUT2D eigenvalue weighted by atomic mass is 16.4. The molecule has 1 aliphatic rings. The zero-order valence-electron chi connectivity index (χ0n) is 15.9. The van der Waals surface area contributed by atoms with Crippen LogP contribution in [0, 0.1) is 6.92 Å². The number of aryl methyl sites for hydroxylation is 1. The summed E-state index contributed by atoms with van der Waals surface area (Å²) in [4.78, 5) is 22.8. The van der Waals surface area contributed by atoms with E-state index in [1.807, 2.05) is 31.6 Å². The van der Waals surface area contributed by atoms with Crippen molar-refractivity contribution in [3.8, 4) is 0 Å². The number of likely N-dealkylation sites (tertiary alicyclic amines) is 1. The van der Waals surface area contributed by atoms with E-state index in [0.29, 0.717) is 25.9 Å². The van der Waals surface area contributed by atoms with Gasteiger partial charge in [-0.15, -0.1) is 0 Å². The topological polar surface area (TPSA) is 84.1 Å². The molecule has 7 heteroatoms. The second-order valence-corrected chi connectivity index (χ2v) is 8.15. The Morgan fingerprint density at radius 3 is 2.35 bits per heavy atom. The van der Waals surface area contributed by atoms with E-state index in [9.17, 15) is 9.90 Å². The largest absolute Gasteiger partial charge is 0.479 e. The van der Waals surface area contributed by atoms with Crippen molar-refractivity contribution in [3.05, 3.63) is 41.7 Å². The lowest BCUT2D eigenvalue weighted by atomic mass is 9.87. The molecule has 0 bridgehead atoms. The summed E-state index contributed by atoms with van der Waals surface area (Å²) in [6.07, 6.45) is 6.55. The van der Waals surface area contributed by atoms with E-state index < -0.39 is 11.5 Å². The number of aromatic nitrogens is 4. The number of aliphatic carboxylic acids is 1. The van der Waals surface area contributed by atoms with Gasteiger partial charge in [-0.1, -0.05) is 20.8 Å². The van der Waals surface area contributed by atoms with Gasteiger partial charge < -0.3 is 5.11 Å². The number of carboxylic acids is 1. The number of carboxylic acid groups (broad SMARTS) is 1. The Bertz CT molecular complexity index is 768. The SMILES string of the molecule is Cc1ncc(CN2CCC(C(=O)O)(n3ccc(C(C)(C)C)n3)CC2)cn1. The second-order valence-electron chi connectivity index (χ2n) is 8.15. The minimum Gasteiger partial charge on any atom is -0.479 e. The molecular weight excluding hydrogens is 330 g/mol. The van der Waals surface area contributed by atoms with Gasteiger partial charge in [0.15, 0.2) is 5.54 Å². The Morgan fingerprint density at radius 1 is 1.23 bits per heavy atom. The van der Waals surface area contributed by atoms with Crippen LogP contribution in [-0.2, 0) is 22.3 Å². The van der Waals surface area contributed by atoms with Gasteiger partial charge in [-0.3, -0.25) is 9.58 Å². The summed E-state index contributed by atoms with van der Waals surface area (Å²) in [7, 11) is 0. The highest BCUT2D eigenvalue weighted by molar-refractivity contribution is 5.76. The van der Waals surface area contributed by atoms with Crippen molar-refractivity contribution in [1.82, 2.24) is 24.6 Å². The fourth-order valence-electron chi connectivity index (χ4n) is 3.34. The second kappa shape index (κ2) is 6.79. The van der Waals surface area contributed by atoms with Crippen molar-refractivity contribution in [1.29, 1.82) is 0 Å². The number of rotatable bonds is 4. The molecular formula is C19H27N5O2. The van der Waals surface area contributed by atoms with Gasteiger partial charge in [-0.05, 0) is 25.8 Å². The molecule has 140 valence electrons. The molecule has 0 saturated carbocycles. The predicted molar refractivity (Wildman–Crippen MR) is 97.8 cm³/mol. The van der Waals surface area contributed by atoms with E-state index in [2.05, 4.69) is 40.7 Å². The number of nitrogens with zero attached hydrogens (tertiary/aromatic N) is 5. The molecule has 1 N–H and O–H groups in total. The van der Waals surface area contributed by atoms with Crippen LogP contribution in [0.4, 0.5) is 0 Å². The molecule has 0 atom stereocenters. The lowest BCUT2D eigenvalue weighted by Gasteiger charge is -2.39. The third-order valence-electron chi connectivity index (χ3n) is 5.12. The molecule has 2 aromatic heterocycles. The van der Waals surface area contributed by atoms with Crippen molar-refractivity contribution in [2.45, 2.75) is 58.0 Å². The number of carbonyl (C=O) groups is 1. The maximum Gasteiger partial charge on any atom is 0.331 e. The van der Waals surface area contributed by atoms with E-state index in [1.54, 1.807) is 4.68 Å². The van der Waals surface area contributed by atoms with Crippen LogP contribution in [0.2, 0.25) is 0 Å². The monoisotopic (exact) mass is 357 g/mol. The molecule has 0 aliphatic carbocycles. The summed E-state index contributed by atoms with van der Waals surface area (Å²) >= 11 is 0. The van der Waals surface area contributed by atoms with Gasteiger partial charge in [0.1, 0.15) is 5.82 Å². The van der Waals surface area contributed by atoms with Gasteiger partial charge >= 0.3 is 5.97 Å². The fraction of sp³-hybridized carbons (Fsp3) is 0.579. The zero-order valence-corrected chi connectivity index (χ0v) is 15.9. The molecule has 7 nitrogen and oxygen atoms in total. The van der Waals surface area contributed by atoms with Crippen molar-refractivity contribution in [2.75, 3.05) is 13.1 Å². The molecule has 2 aromatic rings. The summed E-state index contributed by atoms with van der Waals surface area (Å²) in [6.45, 7) is 10.2.